The van der Waals surface area contributed by atoms with Crippen LogP contribution >= 0.6 is 35.0 Å². The lowest BCUT2D eigenvalue weighted by molar-refractivity contribution is -0.117. The van der Waals surface area contributed by atoms with Crippen LogP contribution in [0.2, 0.25) is 10.0 Å². The van der Waals surface area contributed by atoms with E-state index in [4.69, 9.17) is 28.9 Å². The predicted octanol–water partition coefficient (Wildman–Crippen LogP) is 3.66. The summed E-state index contributed by atoms with van der Waals surface area (Å²) in [5.74, 6) is 0.00185. The number of halogens is 2. The number of hydrogen-bond acceptors (Lipinski definition) is 4. The van der Waals surface area contributed by atoms with Gasteiger partial charge in [-0.2, -0.15) is 0 Å². The van der Waals surface area contributed by atoms with Gasteiger partial charge in [-0.05, 0) is 36.4 Å². The van der Waals surface area contributed by atoms with Crippen molar-refractivity contribution in [3.05, 3.63) is 62.9 Å². The van der Waals surface area contributed by atoms with E-state index >= 15 is 0 Å². The summed E-state index contributed by atoms with van der Waals surface area (Å²) >= 11 is 13.4. The number of fused-ring (bicyclic) bond motifs is 1. The predicted molar refractivity (Wildman–Crippen MR) is 102 cm³/mol. The Morgan fingerprint density at radius 1 is 1.16 bits per heavy atom. The third-order valence-electron chi connectivity index (χ3n) is 3.45. The van der Waals surface area contributed by atoms with E-state index in [1.165, 1.54) is 16.3 Å². The maximum Gasteiger partial charge on any atom is 0.266 e. The molecule has 1 amide bonds. The molecule has 3 aromatic rings. The standard InChI is InChI=1S/C17H13Cl2N3O2S/c18-10-2-1-3-12(8-10)22-16(24)13-5-4-11(19)9-14(13)21-17(22)25-7-6-15(20)23/h1-5,8-9H,6-7H2,(H2,20,23). The van der Waals surface area contributed by atoms with Crippen LogP contribution in [0.3, 0.4) is 0 Å². The third-order valence-corrected chi connectivity index (χ3v) is 4.86. The lowest BCUT2D eigenvalue weighted by Gasteiger charge is -2.13. The SMILES string of the molecule is NC(=O)CCSc1nc2cc(Cl)ccc2c(=O)n1-c1cccc(Cl)c1. The van der Waals surface area contributed by atoms with Gasteiger partial charge in [-0.25, -0.2) is 4.98 Å². The average molecular weight is 394 g/mol. The second-order valence-electron chi connectivity index (χ2n) is 5.24. The number of primary amides is 1. The van der Waals surface area contributed by atoms with E-state index in [9.17, 15) is 9.59 Å². The van der Waals surface area contributed by atoms with E-state index in [1.807, 2.05) is 0 Å². The molecule has 5 nitrogen and oxygen atoms in total. The van der Waals surface area contributed by atoms with Crippen molar-refractivity contribution in [2.75, 3.05) is 5.75 Å². The number of benzene rings is 2. The summed E-state index contributed by atoms with van der Waals surface area (Å²) in [6, 6.07) is 11.9. The fourth-order valence-corrected chi connectivity index (χ4v) is 3.64. The first-order valence-corrected chi connectivity index (χ1v) is 9.09. The number of carbonyl (C=O) groups is 1. The molecule has 0 radical (unpaired) electrons. The van der Waals surface area contributed by atoms with Crippen molar-refractivity contribution in [1.82, 2.24) is 9.55 Å². The molecule has 3 rings (SSSR count). The van der Waals surface area contributed by atoms with Gasteiger partial charge in [0.25, 0.3) is 5.56 Å². The number of nitrogens with zero attached hydrogens (tertiary/aromatic N) is 2. The van der Waals surface area contributed by atoms with Gasteiger partial charge in [0.1, 0.15) is 0 Å². The molecule has 1 aromatic heterocycles. The minimum Gasteiger partial charge on any atom is -0.370 e. The molecule has 0 aliphatic carbocycles. The van der Waals surface area contributed by atoms with Gasteiger partial charge in [0, 0.05) is 22.2 Å². The van der Waals surface area contributed by atoms with Crippen LogP contribution in [-0.2, 0) is 4.79 Å². The molecule has 1 heterocycles. The summed E-state index contributed by atoms with van der Waals surface area (Å²) in [6.45, 7) is 0. The summed E-state index contributed by atoms with van der Waals surface area (Å²) in [5.41, 5.74) is 6.06. The van der Waals surface area contributed by atoms with Gasteiger partial charge in [0.15, 0.2) is 5.16 Å². The summed E-state index contributed by atoms with van der Waals surface area (Å²) in [4.78, 5) is 28.5. The molecule has 0 fully saturated rings. The Hall–Kier alpha value is -2.02. The van der Waals surface area contributed by atoms with E-state index in [-0.39, 0.29) is 12.0 Å². The molecule has 25 heavy (non-hydrogen) atoms. The molecule has 2 aromatic carbocycles. The molecule has 0 aliphatic heterocycles. The van der Waals surface area contributed by atoms with Gasteiger partial charge >= 0.3 is 0 Å². The van der Waals surface area contributed by atoms with Gasteiger partial charge in [0.05, 0.1) is 16.6 Å². The molecule has 0 atom stereocenters. The topological polar surface area (TPSA) is 78.0 Å². The Labute approximate surface area is 157 Å². The monoisotopic (exact) mass is 393 g/mol. The Morgan fingerprint density at radius 3 is 2.64 bits per heavy atom. The highest BCUT2D eigenvalue weighted by molar-refractivity contribution is 7.99. The van der Waals surface area contributed by atoms with Crippen molar-refractivity contribution in [2.24, 2.45) is 5.73 Å². The zero-order valence-corrected chi connectivity index (χ0v) is 15.2. The van der Waals surface area contributed by atoms with E-state index in [1.54, 1.807) is 42.5 Å². The van der Waals surface area contributed by atoms with Gasteiger partial charge in [-0.1, -0.05) is 41.0 Å². The fourth-order valence-electron chi connectivity index (χ4n) is 2.32. The Balaban J connectivity index is 2.20. The van der Waals surface area contributed by atoms with Crippen LogP contribution in [0.5, 0.6) is 0 Å². The summed E-state index contributed by atoms with van der Waals surface area (Å²) in [7, 11) is 0. The Morgan fingerprint density at radius 2 is 1.92 bits per heavy atom. The molecule has 2 N–H and O–H groups in total. The van der Waals surface area contributed by atoms with E-state index in [2.05, 4.69) is 4.98 Å². The molecular weight excluding hydrogens is 381 g/mol. The molecule has 0 bridgehead atoms. The molecule has 0 aliphatic rings. The van der Waals surface area contributed by atoms with Crippen LogP contribution < -0.4 is 11.3 Å². The lowest BCUT2D eigenvalue weighted by atomic mass is 10.2. The molecule has 8 heteroatoms. The highest BCUT2D eigenvalue weighted by Crippen LogP contribution is 2.24. The van der Waals surface area contributed by atoms with Crippen molar-refractivity contribution in [1.29, 1.82) is 0 Å². The molecule has 128 valence electrons. The highest BCUT2D eigenvalue weighted by atomic mass is 35.5. The van der Waals surface area contributed by atoms with Crippen LogP contribution in [-0.4, -0.2) is 21.2 Å². The van der Waals surface area contributed by atoms with Crippen molar-refractivity contribution in [3.63, 3.8) is 0 Å². The Kier molecular flexibility index (Phi) is 5.32. The summed E-state index contributed by atoms with van der Waals surface area (Å²) in [5, 5.41) is 1.90. The molecule has 0 saturated heterocycles. The first-order chi connectivity index (χ1) is 12.0. The minimum atomic E-state index is -0.409. The summed E-state index contributed by atoms with van der Waals surface area (Å²) < 4.78 is 1.48. The van der Waals surface area contributed by atoms with Gasteiger partial charge in [0.2, 0.25) is 5.91 Å². The van der Waals surface area contributed by atoms with E-state index in [0.29, 0.717) is 37.5 Å². The second-order valence-corrected chi connectivity index (χ2v) is 7.18. The second kappa shape index (κ2) is 7.47. The fraction of sp³-hybridized carbons (Fsp3) is 0.118. The van der Waals surface area contributed by atoms with E-state index in [0.717, 1.165) is 0 Å². The van der Waals surface area contributed by atoms with Crippen molar-refractivity contribution >= 4 is 51.8 Å². The maximum absolute atomic E-state index is 13.0. The zero-order valence-electron chi connectivity index (χ0n) is 12.9. The number of rotatable bonds is 5. The van der Waals surface area contributed by atoms with Crippen LogP contribution in [0.4, 0.5) is 0 Å². The summed E-state index contributed by atoms with van der Waals surface area (Å²) in [6.07, 6.45) is 0.184. The van der Waals surface area contributed by atoms with Gasteiger partial charge < -0.3 is 5.73 Å². The smallest absolute Gasteiger partial charge is 0.266 e. The number of carbonyl (C=O) groups excluding carboxylic acids is 1. The molecule has 0 unspecified atom stereocenters. The van der Waals surface area contributed by atoms with Gasteiger partial charge in [-0.3, -0.25) is 14.2 Å². The normalized spacial score (nSPS) is 11.0. The van der Waals surface area contributed by atoms with Gasteiger partial charge in [-0.15, -0.1) is 0 Å². The zero-order chi connectivity index (χ0) is 18.0. The first kappa shape index (κ1) is 17.8. The van der Waals surface area contributed by atoms with Crippen molar-refractivity contribution in [3.8, 4) is 5.69 Å². The number of hydrogen-bond donors (Lipinski definition) is 1. The van der Waals surface area contributed by atoms with Crippen LogP contribution in [0.15, 0.2) is 52.4 Å². The minimum absolute atomic E-state index is 0.184. The molecular formula is C17H13Cl2N3O2S. The number of thioether (sulfide) groups is 1. The van der Waals surface area contributed by atoms with Crippen LogP contribution in [0, 0.1) is 0 Å². The number of amides is 1. The van der Waals surface area contributed by atoms with E-state index < -0.39 is 5.91 Å². The average Bonchev–Trinajstić information content (AvgIpc) is 2.54. The Bertz CT molecular complexity index is 1020. The van der Waals surface area contributed by atoms with Crippen LogP contribution in [0.25, 0.3) is 16.6 Å². The van der Waals surface area contributed by atoms with Crippen molar-refractivity contribution < 1.29 is 4.79 Å². The quantitative estimate of drug-likeness (QED) is 0.529. The lowest BCUT2D eigenvalue weighted by Crippen LogP contribution is -2.22. The largest absolute Gasteiger partial charge is 0.370 e. The van der Waals surface area contributed by atoms with Crippen molar-refractivity contribution in [2.45, 2.75) is 11.6 Å². The number of aromatic nitrogens is 2. The molecule has 0 spiro atoms. The first-order valence-electron chi connectivity index (χ1n) is 7.35. The highest BCUT2D eigenvalue weighted by Gasteiger charge is 2.14. The molecule has 0 saturated carbocycles. The van der Waals surface area contributed by atoms with Crippen LogP contribution in [0.1, 0.15) is 6.42 Å². The maximum atomic E-state index is 13.0. The third kappa shape index (κ3) is 3.98. The number of nitrogens with two attached hydrogens (primary N) is 1.